The molecule has 0 radical (unpaired) electrons. The minimum absolute atomic E-state index is 0.191. The molecule has 0 fully saturated rings. The van der Waals surface area contributed by atoms with Crippen LogP contribution in [0.1, 0.15) is 25.3 Å². The molecule has 106 valence electrons. The van der Waals surface area contributed by atoms with Gasteiger partial charge in [0, 0.05) is 25.6 Å². The number of benzene rings is 1. The second-order valence-electron chi connectivity index (χ2n) is 4.75. The van der Waals surface area contributed by atoms with Crippen molar-refractivity contribution in [1.29, 1.82) is 0 Å². The minimum Gasteiger partial charge on any atom is -0.489 e. The van der Waals surface area contributed by atoms with E-state index in [0.29, 0.717) is 30.5 Å². The summed E-state index contributed by atoms with van der Waals surface area (Å²) in [6.07, 6.45) is 1.60. The summed E-state index contributed by atoms with van der Waals surface area (Å²) in [6.45, 7) is 4.22. The second kappa shape index (κ2) is 6.98. The quantitative estimate of drug-likeness (QED) is 0.872. The molecule has 0 amide bonds. The summed E-state index contributed by atoms with van der Waals surface area (Å²) < 4.78 is 11.2. The smallest absolute Gasteiger partial charge is 0.179 e. The van der Waals surface area contributed by atoms with Crippen LogP contribution >= 0.6 is 11.6 Å². The number of aliphatic hydroxyl groups is 1. The lowest BCUT2D eigenvalue weighted by Gasteiger charge is -2.15. The number of hydrogen-bond acceptors (Lipinski definition) is 4. The Kier molecular flexibility index (Phi) is 5.31. The predicted octanol–water partition coefficient (Wildman–Crippen LogP) is 2.36. The number of hydrogen-bond donors (Lipinski definition) is 2. The number of nitrogens with one attached hydrogen (secondary N) is 1. The average Bonchev–Trinajstić information content (AvgIpc) is 2.62. The van der Waals surface area contributed by atoms with Gasteiger partial charge in [-0.05, 0) is 31.0 Å². The van der Waals surface area contributed by atoms with Crippen LogP contribution in [0.5, 0.6) is 11.5 Å². The summed E-state index contributed by atoms with van der Waals surface area (Å²) in [7, 11) is 0. The highest BCUT2D eigenvalue weighted by Crippen LogP contribution is 2.37. The van der Waals surface area contributed by atoms with Crippen molar-refractivity contribution in [3.8, 4) is 11.5 Å². The molecular weight excluding hydrogens is 266 g/mol. The lowest BCUT2D eigenvalue weighted by Crippen LogP contribution is -2.26. The molecule has 5 heteroatoms. The molecule has 1 aliphatic rings. The van der Waals surface area contributed by atoms with Crippen LogP contribution in [-0.4, -0.2) is 31.0 Å². The summed E-state index contributed by atoms with van der Waals surface area (Å²) in [5.74, 6) is 1.36. The Labute approximate surface area is 118 Å². The fourth-order valence-electron chi connectivity index (χ4n) is 1.97. The predicted molar refractivity (Wildman–Crippen MR) is 75.1 cm³/mol. The molecule has 0 saturated carbocycles. The van der Waals surface area contributed by atoms with Gasteiger partial charge in [-0.2, -0.15) is 0 Å². The maximum absolute atomic E-state index is 8.87. The fourth-order valence-corrected chi connectivity index (χ4v) is 2.26. The van der Waals surface area contributed by atoms with Crippen molar-refractivity contribution in [2.24, 2.45) is 0 Å². The molecular formula is C14H20ClNO3. The van der Waals surface area contributed by atoms with Crippen molar-refractivity contribution in [1.82, 2.24) is 5.32 Å². The molecule has 0 saturated heterocycles. The normalized spacial score (nSPS) is 15.9. The third kappa shape index (κ3) is 4.00. The summed E-state index contributed by atoms with van der Waals surface area (Å²) in [5, 5.41) is 12.8. The minimum atomic E-state index is 0.191. The standard InChI is InChI=1S/C14H20ClNO3/c1-10(3-4-17)16-9-11-7-12(15)14-13(8-11)18-5-2-6-19-14/h7-8,10,16-17H,2-6,9H2,1H3. The number of aliphatic hydroxyl groups excluding tert-OH is 1. The summed E-state index contributed by atoms with van der Waals surface area (Å²) >= 11 is 6.22. The van der Waals surface area contributed by atoms with E-state index in [-0.39, 0.29) is 12.6 Å². The van der Waals surface area contributed by atoms with Crippen LogP contribution in [0.25, 0.3) is 0 Å². The SMILES string of the molecule is CC(CCO)NCc1cc(Cl)c2c(c1)OCCCO2. The van der Waals surface area contributed by atoms with Gasteiger partial charge in [-0.25, -0.2) is 0 Å². The third-order valence-electron chi connectivity index (χ3n) is 3.08. The van der Waals surface area contributed by atoms with Crippen LogP contribution in [0.3, 0.4) is 0 Å². The molecule has 0 aliphatic carbocycles. The molecule has 19 heavy (non-hydrogen) atoms. The van der Waals surface area contributed by atoms with Crippen LogP contribution in [0, 0.1) is 0 Å². The van der Waals surface area contributed by atoms with Crippen molar-refractivity contribution in [2.75, 3.05) is 19.8 Å². The van der Waals surface area contributed by atoms with Crippen LogP contribution in [0.4, 0.5) is 0 Å². The van der Waals surface area contributed by atoms with Gasteiger partial charge in [-0.1, -0.05) is 11.6 Å². The second-order valence-corrected chi connectivity index (χ2v) is 5.16. The van der Waals surface area contributed by atoms with E-state index in [0.717, 1.165) is 24.2 Å². The molecule has 2 N–H and O–H groups in total. The molecule has 1 aromatic rings. The van der Waals surface area contributed by atoms with Gasteiger partial charge >= 0.3 is 0 Å². The van der Waals surface area contributed by atoms with Gasteiger partial charge in [0.15, 0.2) is 11.5 Å². The topological polar surface area (TPSA) is 50.7 Å². The molecule has 1 atom stereocenters. The van der Waals surface area contributed by atoms with Crippen molar-refractivity contribution in [2.45, 2.75) is 32.4 Å². The van der Waals surface area contributed by atoms with Gasteiger partial charge in [0.1, 0.15) is 0 Å². The van der Waals surface area contributed by atoms with E-state index in [1.807, 2.05) is 19.1 Å². The van der Waals surface area contributed by atoms with Crippen LogP contribution in [-0.2, 0) is 6.54 Å². The number of rotatable bonds is 5. The van der Waals surface area contributed by atoms with Gasteiger partial charge in [-0.15, -0.1) is 0 Å². The van der Waals surface area contributed by atoms with Crippen LogP contribution < -0.4 is 14.8 Å². The lowest BCUT2D eigenvalue weighted by atomic mass is 10.1. The molecule has 0 spiro atoms. The van der Waals surface area contributed by atoms with E-state index in [1.54, 1.807) is 0 Å². The Morgan fingerprint density at radius 2 is 2.16 bits per heavy atom. The van der Waals surface area contributed by atoms with Crippen LogP contribution in [0.15, 0.2) is 12.1 Å². The zero-order valence-corrected chi connectivity index (χ0v) is 11.9. The zero-order chi connectivity index (χ0) is 13.7. The highest BCUT2D eigenvalue weighted by Gasteiger charge is 2.15. The zero-order valence-electron chi connectivity index (χ0n) is 11.1. The molecule has 0 bridgehead atoms. The number of ether oxygens (including phenoxy) is 2. The largest absolute Gasteiger partial charge is 0.489 e. The maximum Gasteiger partial charge on any atom is 0.179 e. The van der Waals surface area contributed by atoms with Crippen molar-refractivity contribution < 1.29 is 14.6 Å². The first-order valence-corrected chi connectivity index (χ1v) is 7.00. The van der Waals surface area contributed by atoms with Gasteiger partial charge in [0.25, 0.3) is 0 Å². The van der Waals surface area contributed by atoms with Crippen molar-refractivity contribution >= 4 is 11.6 Å². The van der Waals surface area contributed by atoms with E-state index in [4.69, 9.17) is 26.2 Å². The molecule has 4 nitrogen and oxygen atoms in total. The number of halogens is 1. The Morgan fingerprint density at radius 3 is 2.95 bits per heavy atom. The first kappa shape index (κ1) is 14.4. The highest BCUT2D eigenvalue weighted by atomic mass is 35.5. The first-order chi connectivity index (χ1) is 9.20. The third-order valence-corrected chi connectivity index (χ3v) is 3.36. The molecule has 1 aromatic carbocycles. The molecule has 2 rings (SSSR count). The van der Waals surface area contributed by atoms with E-state index >= 15 is 0 Å². The van der Waals surface area contributed by atoms with Gasteiger partial charge in [0.2, 0.25) is 0 Å². The lowest BCUT2D eigenvalue weighted by molar-refractivity contribution is 0.268. The van der Waals surface area contributed by atoms with E-state index < -0.39 is 0 Å². The molecule has 1 aliphatic heterocycles. The van der Waals surface area contributed by atoms with Gasteiger partial charge < -0.3 is 19.9 Å². The van der Waals surface area contributed by atoms with Crippen LogP contribution in [0.2, 0.25) is 5.02 Å². The fraction of sp³-hybridized carbons (Fsp3) is 0.571. The van der Waals surface area contributed by atoms with E-state index in [9.17, 15) is 0 Å². The molecule has 1 heterocycles. The van der Waals surface area contributed by atoms with Crippen molar-refractivity contribution in [3.05, 3.63) is 22.7 Å². The maximum atomic E-state index is 8.87. The van der Waals surface area contributed by atoms with Gasteiger partial charge in [0.05, 0.1) is 18.2 Å². The van der Waals surface area contributed by atoms with E-state index in [2.05, 4.69) is 5.32 Å². The Balaban J connectivity index is 2.06. The monoisotopic (exact) mass is 285 g/mol. The molecule has 0 aromatic heterocycles. The number of fused-ring (bicyclic) bond motifs is 1. The van der Waals surface area contributed by atoms with Gasteiger partial charge in [-0.3, -0.25) is 0 Å². The summed E-state index contributed by atoms with van der Waals surface area (Å²) in [5.41, 5.74) is 1.05. The average molecular weight is 286 g/mol. The van der Waals surface area contributed by atoms with E-state index in [1.165, 1.54) is 0 Å². The Morgan fingerprint density at radius 1 is 1.37 bits per heavy atom. The highest BCUT2D eigenvalue weighted by molar-refractivity contribution is 6.32. The summed E-state index contributed by atoms with van der Waals surface area (Å²) in [6, 6.07) is 4.12. The summed E-state index contributed by atoms with van der Waals surface area (Å²) in [4.78, 5) is 0. The Hall–Kier alpha value is -0.970. The first-order valence-electron chi connectivity index (χ1n) is 6.63. The van der Waals surface area contributed by atoms with Crippen molar-refractivity contribution in [3.63, 3.8) is 0 Å². The Bertz CT molecular complexity index is 425. The molecule has 1 unspecified atom stereocenters.